The van der Waals surface area contributed by atoms with Gasteiger partial charge in [0.15, 0.2) is 0 Å². The van der Waals surface area contributed by atoms with E-state index in [9.17, 15) is 0 Å². The van der Waals surface area contributed by atoms with Crippen molar-refractivity contribution >= 4 is 0 Å². The summed E-state index contributed by atoms with van der Waals surface area (Å²) in [5, 5.41) is 0. The fraction of sp³-hybridized carbons (Fsp3) is 1.00. The first kappa shape index (κ1) is 14.9. The molecule has 0 aromatic carbocycles. The van der Waals surface area contributed by atoms with Gasteiger partial charge in [-0.3, -0.25) is 4.90 Å². The van der Waals surface area contributed by atoms with E-state index in [1.54, 1.807) is 0 Å². The van der Waals surface area contributed by atoms with Gasteiger partial charge in [0.1, 0.15) is 0 Å². The molecule has 1 fully saturated rings. The van der Waals surface area contributed by atoms with Crippen molar-refractivity contribution in [1.82, 2.24) is 4.90 Å². The van der Waals surface area contributed by atoms with E-state index >= 15 is 0 Å². The summed E-state index contributed by atoms with van der Waals surface area (Å²) in [7, 11) is 0. The second-order valence-electron chi connectivity index (χ2n) is 6.01. The van der Waals surface area contributed by atoms with E-state index in [-0.39, 0.29) is 5.41 Å². The standard InChI is InChI=1S/C14H30N2O/c1-5-13-9-12(7-8-17-13)16(6-2)11-14(3,4)10-15/h12-13H,5-11,15H2,1-4H3. The van der Waals surface area contributed by atoms with E-state index in [2.05, 4.69) is 32.6 Å². The highest BCUT2D eigenvalue weighted by atomic mass is 16.5. The van der Waals surface area contributed by atoms with Crippen LogP contribution in [0.25, 0.3) is 0 Å². The highest BCUT2D eigenvalue weighted by molar-refractivity contribution is 4.83. The smallest absolute Gasteiger partial charge is 0.0587 e. The minimum Gasteiger partial charge on any atom is -0.378 e. The Morgan fingerprint density at radius 1 is 1.35 bits per heavy atom. The van der Waals surface area contributed by atoms with Crippen LogP contribution in [0.2, 0.25) is 0 Å². The monoisotopic (exact) mass is 242 g/mol. The van der Waals surface area contributed by atoms with Gasteiger partial charge in [-0.25, -0.2) is 0 Å². The maximum atomic E-state index is 5.84. The summed E-state index contributed by atoms with van der Waals surface area (Å²) in [4.78, 5) is 2.60. The number of ether oxygens (including phenoxy) is 1. The van der Waals surface area contributed by atoms with Crippen LogP contribution < -0.4 is 5.73 Å². The predicted octanol–water partition coefficient (Wildman–Crippen LogP) is 2.25. The van der Waals surface area contributed by atoms with E-state index in [0.29, 0.717) is 12.1 Å². The van der Waals surface area contributed by atoms with Gasteiger partial charge in [-0.1, -0.05) is 27.7 Å². The average Bonchev–Trinajstić information content (AvgIpc) is 2.36. The van der Waals surface area contributed by atoms with E-state index in [0.717, 1.165) is 32.7 Å². The van der Waals surface area contributed by atoms with Crippen LogP contribution in [-0.2, 0) is 4.74 Å². The number of hydrogen-bond acceptors (Lipinski definition) is 3. The Balaban J connectivity index is 2.54. The summed E-state index contributed by atoms with van der Waals surface area (Å²) < 4.78 is 5.76. The Morgan fingerprint density at radius 3 is 2.59 bits per heavy atom. The van der Waals surface area contributed by atoms with Crippen molar-refractivity contribution in [3.63, 3.8) is 0 Å². The molecule has 1 aliphatic rings. The highest BCUT2D eigenvalue weighted by Crippen LogP contribution is 2.24. The van der Waals surface area contributed by atoms with E-state index < -0.39 is 0 Å². The summed E-state index contributed by atoms with van der Waals surface area (Å²) in [6, 6.07) is 0.685. The molecule has 2 N–H and O–H groups in total. The first-order valence-corrected chi connectivity index (χ1v) is 7.08. The molecule has 17 heavy (non-hydrogen) atoms. The fourth-order valence-corrected chi connectivity index (χ4v) is 2.59. The van der Waals surface area contributed by atoms with Crippen molar-refractivity contribution < 1.29 is 4.74 Å². The van der Waals surface area contributed by atoms with Crippen LogP contribution in [0.3, 0.4) is 0 Å². The maximum Gasteiger partial charge on any atom is 0.0587 e. The van der Waals surface area contributed by atoms with E-state index in [1.165, 1.54) is 12.8 Å². The summed E-state index contributed by atoms with van der Waals surface area (Å²) in [6.45, 7) is 12.9. The van der Waals surface area contributed by atoms with Crippen molar-refractivity contribution in [2.24, 2.45) is 11.1 Å². The van der Waals surface area contributed by atoms with Crippen LogP contribution in [0.15, 0.2) is 0 Å². The lowest BCUT2D eigenvalue weighted by Gasteiger charge is -2.40. The topological polar surface area (TPSA) is 38.5 Å². The summed E-state index contributed by atoms with van der Waals surface area (Å²) in [5.74, 6) is 0. The third-order valence-electron chi connectivity index (χ3n) is 3.90. The first-order valence-electron chi connectivity index (χ1n) is 7.08. The van der Waals surface area contributed by atoms with Crippen molar-refractivity contribution in [2.45, 2.75) is 59.1 Å². The Bertz CT molecular complexity index is 218. The minimum absolute atomic E-state index is 0.218. The van der Waals surface area contributed by atoms with Gasteiger partial charge in [-0.2, -0.15) is 0 Å². The van der Waals surface area contributed by atoms with Crippen LogP contribution in [0.1, 0.15) is 47.0 Å². The van der Waals surface area contributed by atoms with E-state index in [1.807, 2.05) is 0 Å². The van der Waals surface area contributed by atoms with Crippen LogP contribution >= 0.6 is 0 Å². The molecule has 0 amide bonds. The lowest BCUT2D eigenvalue weighted by molar-refractivity contribution is -0.0333. The molecular weight excluding hydrogens is 212 g/mol. The molecular formula is C14H30N2O. The molecule has 0 aromatic rings. The molecule has 102 valence electrons. The van der Waals surface area contributed by atoms with Gasteiger partial charge in [0.2, 0.25) is 0 Å². The van der Waals surface area contributed by atoms with Crippen molar-refractivity contribution in [3.05, 3.63) is 0 Å². The summed E-state index contributed by atoms with van der Waals surface area (Å²) in [6.07, 6.45) is 3.95. The number of nitrogens with two attached hydrogens (primary N) is 1. The third-order valence-corrected chi connectivity index (χ3v) is 3.90. The lowest BCUT2D eigenvalue weighted by Crippen LogP contribution is -2.47. The number of rotatable bonds is 6. The van der Waals surface area contributed by atoms with Crippen LogP contribution in [0.4, 0.5) is 0 Å². The van der Waals surface area contributed by atoms with Gasteiger partial charge < -0.3 is 10.5 Å². The fourth-order valence-electron chi connectivity index (χ4n) is 2.59. The Morgan fingerprint density at radius 2 is 2.06 bits per heavy atom. The zero-order valence-corrected chi connectivity index (χ0v) is 12.0. The summed E-state index contributed by atoms with van der Waals surface area (Å²) in [5.41, 5.74) is 6.06. The molecule has 0 spiro atoms. The van der Waals surface area contributed by atoms with Gasteiger partial charge in [0, 0.05) is 19.2 Å². The molecule has 3 nitrogen and oxygen atoms in total. The van der Waals surface area contributed by atoms with Crippen molar-refractivity contribution in [3.8, 4) is 0 Å². The Hall–Kier alpha value is -0.120. The molecule has 2 atom stereocenters. The zero-order valence-electron chi connectivity index (χ0n) is 12.0. The second kappa shape index (κ2) is 6.72. The second-order valence-corrected chi connectivity index (χ2v) is 6.01. The Labute approximate surface area is 107 Å². The van der Waals surface area contributed by atoms with E-state index in [4.69, 9.17) is 10.5 Å². The molecule has 3 heteroatoms. The van der Waals surface area contributed by atoms with Crippen LogP contribution in [0, 0.1) is 5.41 Å². The molecule has 2 unspecified atom stereocenters. The first-order chi connectivity index (χ1) is 8.02. The molecule has 0 aromatic heterocycles. The molecule has 0 aliphatic carbocycles. The van der Waals surface area contributed by atoms with Gasteiger partial charge >= 0.3 is 0 Å². The Kier molecular flexibility index (Phi) is 5.90. The van der Waals surface area contributed by atoms with Crippen LogP contribution in [-0.4, -0.2) is 43.3 Å². The normalized spacial score (nSPS) is 26.5. The molecule has 0 saturated carbocycles. The number of hydrogen-bond donors (Lipinski definition) is 1. The zero-order chi connectivity index (χ0) is 12.9. The maximum absolute atomic E-state index is 5.84. The molecule has 1 rings (SSSR count). The van der Waals surface area contributed by atoms with Crippen molar-refractivity contribution in [1.29, 1.82) is 0 Å². The quantitative estimate of drug-likeness (QED) is 0.776. The predicted molar refractivity (Wildman–Crippen MR) is 73.1 cm³/mol. The van der Waals surface area contributed by atoms with Gasteiger partial charge in [0.25, 0.3) is 0 Å². The molecule has 1 saturated heterocycles. The minimum atomic E-state index is 0.218. The molecule has 0 bridgehead atoms. The summed E-state index contributed by atoms with van der Waals surface area (Å²) >= 11 is 0. The van der Waals surface area contributed by atoms with Crippen LogP contribution in [0.5, 0.6) is 0 Å². The van der Waals surface area contributed by atoms with Crippen molar-refractivity contribution in [2.75, 3.05) is 26.2 Å². The van der Waals surface area contributed by atoms with Gasteiger partial charge in [-0.15, -0.1) is 0 Å². The molecule has 1 aliphatic heterocycles. The average molecular weight is 242 g/mol. The largest absolute Gasteiger partial charge is 0.378 e. The third kappa shape index (κ3) is 4.57. The lowest BCUT2D eigenvalue weighted by atomic mass is 9.91. The van der Waals surface area contributed by atoms with Gasteiger partial charge in [0.05, 0.1) is 6.10 Å². The SMILES string of the molecule is CCC1CC(N(CC)CC(C)(C)CN)CCO1. The molecule has 0 radical (unpaired) electrons. The number of nitrogens with zero attached hydrogens (tertiary/aromatic N) is 1. The highest BCUT2D eigenvalue weighted by Gasteiger charge is 2.29. The molecule has 1 heterocycles. The van der Waals surface area contributed by atoms with Gasteiger partial charge in [-0.05, 0) is 37.8 Å².